The average molecular weight is 317 g/mol. The number of carbonyl (C=O) groups excluding carboxylic acids is 1. The lowest BCUT2D eigenvalue weighted by atomic mass is 9.73. The lowest BCUT2D eigenvalue weighted by Gasteiger charge is -2.36. The maximum Gasteiger partial charge on any atom is 0.235 e. The van der Waals surface area contributed by atoms with E-state index in [0.29, 0.717) is 26.1 Å². The van der Waals surface area contributed by atoms with E-state index in [0.717, 1.165) is 17.7 Å². The Labute approximate surface area is 133 Å². The second-order valence-corrected chi connectivity index (χ2v) is 5.64. The SMILES string of the molecule is O=C(Nc1ccc(F)c(F)c1)C1(c2ccccc2)CCOCC1. The van der Waals surface area contributed by atoms with E-state index < -0.39 is 17.0 Å². The van der Waals surface area contributed by atoms with E-state index in [-0.39, 0.29) is 11.6 Å². The molecule has 1 fully saturated rings. The van der Waals surface area contributed by atoms with Crippen LogP contribution in [-0.2, 0) is 14.9 Å². The summed E-state index contributed by atoms with van der Waals surface area (Å²) in [6, 6.07) is 12.8. The quantitative estimate of drug-likeness (QED) is 0.938. The number of hydrogen-bond donors (Lipinski definition) is 1. The van der Waals surface area contributed by atoms with E-state index in [9.17, 15) is 13.6 Å². The zero-order chi connectivity index (χ0) is 16.3. The van der Waals surface area contributed by atoms with Crippen molar-refractivity contribution in [2.45, 2.75) is 18.3 Å². The molecule has 0 atom stereocenters. The lowest BCUT2D eigenvalue weighted by molar-refractivity contribution is -0.125. The molecule has 0 spiro atoms. The molecule has 1 amide bonds. The smallest absolute Gasteiger partial charge is 0.235 e. The fourth-order valence-electron chi connectivity index (χ4n) is 2.95. The van der Waals surface area contributed by atoms with Crippen molar-refractivity contribution in [1.82, 2.24) is 0 Å². The summed E-state index contributed by atoms with van der Waals surface area (Å²) in [5.41, 5.74) is 0.434. The highest BCUT2D eigenvalue weighted by Crippen LogP contribution is 2.36. The van der Waals surface area contributed by atoms with Crippen molar-refractivity contribution < 1.29 is 18.3 Å². The molecule has 1 aliphatic heterocycles. The summed E-state index contributed by atoms with van der Waals surface area (Å²) < 4.78 is 31.8. The van der Waals surface area contributed by atoms with Crippen LogP contribution < -0.4 is 5.32 Å². The number of rotatable bonds is 3. The number of anilines is 1. The van der Waals surface area contributed by atoms with Crippen LogP contribution >= 0.6 is 0 Å². The van der Waals surface area contributed by atoms with Gasteiger partial charge in [-0.2, -0.15) is 0 Å². The first-order chi connectivity index (χ1) is 11.1. The first-order valence-electron chi connectivity index (χ1n) is 7.52. The van der Waals surface area contributed by atoms with Gasteiger partial charge >= 0.3 is 0 Å². The van der Waals surface area contributed by atoms with E-state index in [1.54, 1.807) is 0 Å². The number of hydrogen-bond acceptors (Lipinski definition) is 2. The van der Waals surface area contributed by atoms with Gasteiger partial charge in [0, 0.05) is 25.0 Å². The normalized spacial score (nSPS) is 16.8. The minimum Gasteiger partial charge on any atom is -0.381 e. The van der Waals surface area contributed by atoms with Gasteiger partial charge in [-0.3, -0.25) is 4.79 Å². The van der Waals surface area contributed by atoms with Crippen LogP contribution in [0.25, 0.3) is 0 Å². The average Bonchev–Trinajstić information content (AvgIpc) is 2.59. The Morgan fingerprint density at radius 3 is 2.35 bits per heavy atom. The zero-order valence-corrected chi connectivity index (χ0v) is 12.5. The highest BCUT2D eigenvalue weighted by molar-refractivity contribution is 5.99. The van der Waals surface area contributed by atoms with Gasteiger partial charge in [0.2, 0.25) is 5.91 Å². The van der Waals surface area contributed by atoms with Crippen molar-refractivity contribution in [1.29, 1.82) is 0 Å². The topological polar surface area (TPSA) is 38.3 Å². The molecule has 0 saturated carbocycles. The predicted molar refractivity (Wildman–Crippen MR) is 83.2 cm³/mol. The first kappa shape index (κ1) is 15.6. The van der Waals surface area contributed by atoms with E-state index in [1.807, 2.05) is 30.3 Å². The van der Waals surface area contributed by atoms with Gasteiger partial charge in [0.15, 0.2) is 11.6 Å². The molecule has 3 rings (SSSR count). The molecular weight excluding hydrogens is 300 g/mol. The van der Waals surface area contributed by atoms with E-state index in [1.165, 1.54) is 6.07 Å². The van der Waals surface area contributed by atoms with Crippen molar-refractivity contribution >= 4 is 11.6 Å². The number of carbonyl (C=O) groups is 1. The highest BCUT2D eigenvalue weighted by Gasteiger charge is 2.41. The minimum absolute atomic E-state index is 0.224. The highest BCUT2D eigenvalue weighted by atomic mass is 19.2. The molecule has 0 aromatic heterocycles. The summed E-state index contributed by atoms with van der Waals surface area (Å²) in [6.07, 6.45) is 1.10. The van der Waals surface area contributed by atoms with Gasteiger partial charge in [-0.1, -0.05) is 30.3 Å². The van der Waals surface area contributed by atoms with Gasteiger partial charge < -0.3 is 10.1 Å². The Balaban J connectivity index is 1.90. The van der Waals surface area contributed by atoms with Crippen LogP contribution in [0.2, 0.25) is 0 Å². The number of ether oxygens (including phenoxy) is 1. The molecule has 0 bridgehead atoms. The van der Waals surface area contributed by atoms with Crippen LogP contribution in [-0.4, -0.2) is 19.1 Å². The summed E-state index contributed by atoms with van der Waals surface area (Å²) in [4.78, 5) is 12.9. The molecule has 1 N–H and O–H groups in total. The van der Waals surface area contributed by atoms with E-state index >= 15 is 0 Å². The summed E-state index contributed by atoms with van der Waals surface area (Å²) in [5, 5.41) is 2.72. The fraction of sp³-hybridized carbons (Fsp3) is 0.278. The molecule has 0 aliphatic carbocycles. The third-order valence-corrected chi connectivity index (χ3v) is 4.28. The van der Waals surface area contributed by atoms with Crippen molar-refractivity contribution in [2.24, 2.45) is 0 Å². The summed E-state index contributed by atoms with van der Waals surface area (Å²) >= 11 is 0. The van der Waals surface area contributed by atoms with Crippen LogP contribution in [0.5, 0.6) is 0 Å². The molecule has 1 aliphatic rings. The lowest BCUT2D eigenvalue weighted by Crippen LogP contribution is -2.44. The van der Waals surface area contributed by atoms with Gasteiger partial charge in [-0.05, 0) is 30.5 Å². The maximum absolute atomic E-state index is 13.3. The number of benzene rings is 2. The molecule has 0 unspecified atom stereocenters. The van der Waals surface area contributed by atoms with Crippen LogP contribution in [0.4, 0.5) is 14.5 Å². The molecule has 1 heterocycles. The van der Waals surface area contributed by atoms with Crippen LogP contribution in [0.1, 0.15) is 18.4 Å². The van der Waals surface area contributed by atoms with Crippen LogP contribution in [0.15, 0.2) is 48.5 Å². The molecule has 2 aromatic carbocycles. The zero-order valence-electron chi connectivity index (χ0n) is 12.5. The van der Waals surface area contributed by atoms with Crippen molar-refractivity contribution in [2.75, 3.05) is 18.5 Å². The first-order valence-corrected chi connectivity index (χ1v) is 7.52. The summed E-state index contributed by atoms with van der Waals surface area (Å²) in [6.45, 7) is 0.972. The molecule has 0 radical (unpaired) electrons. The van der Waals surface area contributed by atoms with Gasteiger partial charge in [-0.15, -0.1) is 0 Å². The summed E-state index contributed by atoms with van der Waals surface area (Å²) in [7, 11) is 0. The molecule has 5 heteroatoms. The Morgan fingerprint density at radius 1 is 1.00 bits per heavy atom. The molecule has 23 heavy (non-hydrogen) atoms. The second kappa shape index (κ2) is 6.46. The molecule has 3 nitrogen and oxygen atoms in total. The monoisotopic (exact) mass is 317 g/mol. The van der Waals surface area contributed by atoms with E-state index in [2.05, 4.69) is 5.32 Å². The molecule has 120 valence electrons. The second-order valence-electron chi connectivity index (χ2n) is 5.64. The Bertz CT molecular complexity index is 697. The largest absolute Gasteiger partial charge is 0.381 e. The standard InChI is InChI=1S/C18H17F2NO2/c19-15-7-6-14(12-16(15)20)21-17(22)18(8-10-23-11-9-18)13-4-2-1-3-5-13/h1-7,12H,8-11H2,(H,21,22). The van der Waals surface area contributed by atoms with Gasteiger partial charge in [0.1, 0.15) is 0 Å². The number of amides is 1. The Morgan fingerprint density at radius 2 is 1.70 bits per heavy atom. The van der Waals surface area contributed by atoms with Crippen molar-refractivity contribution in [3.05, 3.63) is 65.7 Å². The minimum atomic E-state index is -0.983. The molecular formula is C18H17F2NO2. The Kier molecular flexibility index (Phi) is 4.39. The third kappa shape index (κ3) is 3.10. The fourth-order valence-corrected chi connectivity index (χ4v) is 2.95. The van der Waals surface area contributed by atoms with Gasteiger partial charge in [0.05, 0.1) is 5.41 Å². The van der Waals surface area contributed by atoms with Gasteiger partial charge in [-0.25, -0.2) is 8.78 Å². The molecule has 1 saturated heterocycles. The third-order valence-electron chi connectivity index (χ3n) is 4.28. The maximum atomic E-state index is 13.3. The van der Waals surface area contributed by atoms with Crippen molar-refractivity contribution in [3.63, 3.8) is 0 Å². The van der Waals surface area contributed by atoms with Crippen molar-refractivity contribution in [3.8, 4) is 0 Å². The molecule has 2 aromatic rings. The van der Waals surface area contributed by atoms with Crippen LogP contribution in [0.3, 0.4) is 0 Å². The predicted octanol–water partition coefficient (Wildman–Crippen LogP) is 3.65. The number of nitrogens with one attached hydrogen (secondary N) is 1. The number of halogens is 2. The van der Waals surface area contributed by atoms with E-state index in [4.69, 9.17) is 4.74 Å². The van der Waals surface area contributed by atoms with Gasteiger partial charge in [0.25, 0.3) is 0 Å². The summed E-state index contributed by atoms with van der Waals surface area (Å²) in [5.74, 6) is -2.15. The Hall–Kier alpha value is -2.27. The van der Waals surface area contributed by atoms with Crippen LogP contribution in [0, 0.1) is 11.6 Å².